The molecule has 0 nitrogen and oxygen atoms in total. The van der Waals surface area contributed by atoms with E-state index in [0.717, 1.165) is 6.42 Å². The molecule has 1 aliphatic carbocycles. The number of rotatable bonds is 1. The van der Waals surface area contributed by atoms with Crippen LogP contribution in [0.4, 0.5) is 0 Å². The van der Waals surface area contributed by atoms with E-state index in [9.17, 15) is 0 Å². The molecule has 0 aliphatic heterocycles. The normalized spacial score (nSPS) is 16.1. The van der Waals surface area contributed by atoms with E-state index in [4.69, 9.17) is 0 Å². The third-order valence-electron chi connectivity index (χ3n) is 1.64. The number of hydrogen-bond acceptors (Lipinski definition) is 0. The monoisotopic (exact) mass is 148 g/mol. The molecule has 11 heavy (non-hydrogen) atoms. The summed E-state index contributed by atoms with van der Waals surface area (Å²) in [6.07, 6.45) is 11.9. The van der Waals surface area contributed by atoms with Crippen LogP contribution in [-0.4, -0.2) is 0 Å². The van der Waals surface area contributed by atoms with E-state index < -0.39 is 0 Å². The van der Waals surface area contributed by atoms with Gasteiger partial charge in [-0.2, -0.15) is 0 Å². The van der Waals surface area contributed by atoms with E-state index in [1.54, 1.807) is 0 Å². The predicted octanol–water partition coefficient (Wildman–Crippen LogP) is 3.48. The van der Waals surface area contributed by atoms with Gasteiger partial charge in [-0.25, -0.2) is 0 Å². The molecule has 0 fully saturated rings. The second-order valence-corrected chi connectivity index (χ2v) is 4.19. The van der Waals surface area contributed by atoms with Gasteiger partial charge in [0.05, 0.1) is 0 Å². The molecule has 0 heterocycles. The van der Waals surface area contributed by atoms with Crippen LogP contribution in [0.5, 0.6) is 0 Å². The Balaban J connectivity index is 2.48. The maximum atomic E-state index is 2.29. The summed E-state index contributed by atoms with van der Waals surface area (Å²) < 4.78 is 0. The van der Waals surface area contributed by atoms with Crippen molar-refractivity contribution in [1.82, 2.24) is 0 Å². The van der Waals surface area contributed by atoms with Crippen molar-refractivity contribution in [3.8, 4) is 0 Å². The van der Waals surface area contributed by atoms with Crippen molar-refractivity contribution in [2.45, 2.75) is 27.2 Å². The topological polar surface area (TPSA) is 0 Å². The van der Waals surface area contributed by atoms with Crippen molar-refractivity contribution in [2.24, 2.45) is 5.41 Å². The lowest BCUT2D eigenvalue weighted by Crippen LogP contribution is -2.02. The molecule has 0 aromatic heterocycles. The number of allylic oxidation sites excluding steroid dienone is 6. The molecule has 0 spiro atoms. The molecule has 0 saturated heterocycles. The maximum absolute atomic E-state index is 2.29. The zero-order valence-corrected chi connectivity index (χ0v) is 7.59. The molecule has 0 radical (unpaired) electrons. The average Bonchev–Trinajstić information content (AvgIpc) is 2.32. The third-order valence-corrected chi connectivity index (χ3v) is 1.64. The average molecular weight is 148 g/mol. The first kappa shape index (κ1) is 8.32. The minimum atomic E-state index is 0.414. The highest BCUT2D eigenvalue weighted by molar-refractivity contribution is 5.39. The van der Waals surface area contributed by atoms with Crippen LogP contribution in [0.1, 0.15) is 27.2 Å². The molecule has 0 atom stereocenters. The van der Waals surface area contributed by atoms with Gasteiger partial charge < -0.3 is 0 Å². The van der Waals surface area contributed by atoms with E-state index in [-0.39, 0.29) is 0 Å². The highest BCUT2D eigenvalue weighted by Crippen LogP contribution is 2.21. The summed E-state index contributed by atoms with van der Waals surface area (Å²) in [5.41, 5.74) is 1.76. The van der Waals surface area contributed by atoms with Crippen LogP contribution in [0.15, 0.2) is 36.0 Å². The maximum Gasteiger partial charge on any atom is -0.0293 e. The van der Waals surface area contributed by atoms with Gasteiger partial charge in [0.25, 0.3) is 0 Å². The molecule has 1 aliphatic rings. The molecule has 0 unspecified atom stereocenters. The van der Waals surface area contributed by atoms with Crippen LogP contribution in [-0.2, 0) is 0 Å². The fourth-order valence-corrected chi connectivity index (χ4v) is 0.949. The lowest BCUT2D eigenvalue weighted by molar-refractivity contribution is 0.420. The van der Waals surface area contributed by atoms with Crippen LogP contribution in [0.25, 0.3) is 0 Å². The van der Waals surface area contributed by atoms with E-state index in [1.165, 1.54) is 5.57 Å². The standard InChI is InChI=1S/C11H16/c1-11(2,3)9-8-10-6-4-5-7-10/h4-8H,9H2,1-3H3. The minimum absolute atomic E-state index is 0.414. The van der Waals surface area contributed by atoms with Crippen LogP contribution in [0.3, 0.4) is 0 Å². The Morgan fingerprint density at radius 3 is 2.18 bits per heavy atom. The van der Waals surface area contributed by atoms with E-state index in [1.807, 2.05) is 0 Å². The molecule has 0 N–H and O–H groups in total. The SMILES string of the molecule is CC(C)(C)CC=C1C=CC=C1. The van der Waals surface area contributed by atoms with Crippen molar-refractivity contribution < 1.29 is 0 Å². The molecule has 0 aromatic rings. The van der Waals surface area contributed by atoms with E-state index in [0.29, 0.717) is 5.41 Å². The van der Waals surface area contributed by atoms with Crippen molar-refractivity contribution in [1.29, 1.82) is 0 Å². The van der Waals surface area contributed by atoms with Gasteiger partial charge in [0.15, 0.2) is 0 Å². The van der Waals surface area contributed by atoms with Gasteiger partial charge in [0.2, 0.25) is 0 Å². The van der Waals surface area contributed by atoms with E-state index in [2.05, 4.69) is 51.2 Å². The quantitative estimate of drug-likeness (QED) is 0.534. The number of hydrogen-bond donors (Lipinski definition) is 0. The largest absolute Gasteiger partial charge is 0.0767 e. The van der Waals surface area contributed by atoms with Gasteiger partial charge in [-0.05, 0) is 17.4 Å². The zero-order chi connectivity index (χ0) is 8.32. The molecule has 0 saturated carbocycles. The fourth-order valence-electron chi connectivity index (χ4n) is 0.949. The van der Waals surface area contributed by atoms with Gasteiger partial charge in [0.1, 0.15) is 0 Å². The van der Waals surface area contributed by atoms with Gasteiger partial charge >= 0.3 is 0 Å². The first-order chi connectivity index (χ1) is 5.08. The highest BCUT2D eigenvalue weighted by atomic mass is 14.1. The second kappa shape index (κ2) is 3.08. The smallest absolute Gasteiger partial charge is 0.0293 e. The summed E-state index contributed by atoms with van der Waals surface area (Å²) in [6, 6.07) is 0. The molecule has 60 valence electrons. The van der Waals surface area contributed by atoms with Crippen molar-refractivity contribution >= 4 is 0 Å². The molecule has 1 rings (SSSR count). The molecule has 0 heteroatoms. The lowest BCUT2D eigenvalue weighted by Gasteiger charge is -2.14. The fraction of sp³-hybridized carbons (Fsp3) is 0.455. The summed E-state index contributed by atoms with van der Waals surface area (Å²) in [4.78, 5) is 0. The Morgan fingerprint density at radius 2 is 1.73 bits per heavy atom. The Hall–Kier alpha value is -0.780. The second-order valence-electron chi connectivity index (χ2n) is 4.19. The van der Waals surface area contributed by atoms with E-state index >= 15 is 0 Å². The molecular formula is C11H16. The first-order valence-electron chi connectivity index (χ1n) is 4.13. The first-order valence-corrected chi connectivity index (χ1v) is 4.13. The van der Waals surface area contributed by atoms with Gasteiger partial charge in [-0.3, -0.25) is 0 Å². The van der Waals surface area contributed by atoms with Crippen molar-refractivity contribution in [3.05, 3.63) is 36.0 Å². The molecule has 0 amide bonds. The summed E-state index contributed by atoms with van der Waals surface area (Å²) in [5.74, 6) is 0. The Labute approximate surface area is 69.3 Å². The van der Waals surface area contributed by atoms with Gasteiger partial charge in [-0.15, -0.1) is 0 Å². The van der Waals surface area contributed by atoms with Crippen molar-refractivity contribution in [2.75, 3.05) is 0 Å². The molecular weight excluding hydrogens is 132 g/mol. The highest BCUT2D eigenvalue weighted by Gasteiger charge is 2.07. The Kier molecular flexibility index (Phi) is 2.33. The summed E-state index contributed by atoms with van der Waals surface area (Å²) >= 11 is 0. The van der Waals surface area contributed by atoms with Crippen LogP contribution >= 0.6 is 0 Å². The summed E-state index contributed by atoms with van der Waals surface area (Å²) in [7, 11) is 0. The van der Waals surface area contributed by atoms with Crippen molar-refractivity contribution in [3.63, 3.8) is 0 Å². The van der Waals surface area contributed by atoms with Crippen LogP contribution in [0, 0.1) is 5.41 Å². The van der Waals surface area contributed by atoms with Crippen LogP contribution < -0.4 is 0 Å². The zero-order valence-electron chi connectivity index (χ0n) is 7.59. The molecule has 0 bridgehead atoms. The molecule has 0 aromatic carbocycles. The Morgan fingerprint density at radius 1 is 1.18 bits per heavy atom. The minimum Gasteiger partial charge on any atom is -0.0767 e. The predicted molar refractivity (Wildman–Crippen MR) is 50.4 cm³/mol. The third kappa shape index (κ3) is 3.22. The summed E-state index contributed by atoms with van der Waals surface area (Å²) in [6.45, 7) is 6.77. The van der Waals surface area contributed by atoms with Crippen LogP contribution in [0.2, 0.25) is 0 Å². The summed E-state index contributed by atoms with van der Waals surface area (Å²) in [5, 5.41) is 0. The van der Waals surface area contributed by atoms with Gasteiger partial charge in [-0.1, -0.05) is 51.2 Å². The lowest BCUT2D eigenvalue weighted by atomic mass is 9.91. The van der Waals surface area contributed by atoms with Gasteiger partial charge in [0, 0.05) is 0 Å². The Bertz CT molecular complexity index is 195.